The molecule has 0 heterocycles. The number of ether oxygens (including phenoxy) is 1. The Kier molecular flexibility index (Phi) is 5.22. The van der Waals surface area contributed by atoms with Gasteiger partial charge in [-0.3, -0.25) is 0 Å². The number of aryl methyl sites for hydroxylation is 1. The van der Waals surface area contributed by atoms with Gasteiger partial charge < -0.3 is 9.64 Å². The topological polar surface area (TPSA) is 36.3 Å². The van der Waals surface area contributed by atoms with E-state index in [2.05, 4.69) is 54.3 Å². The fourth-order valence-corrected chi connectivity index (χ4v) is 2.19. The first-order valence-electron chi connectivity index (χ1n) is 7.04. The van der Waals surface area contributed by atoms with E-state index >= 15 is 0 Å². The molecule has 0 bridgehead atoms. The first kappa shape index (κ1) is 14.9. The Hall–Kier alpha value is -2.47. The van der Waals surface area contributed by atoms with Crippen molar-refractivity contribution < 1.29 is 4.74 Å². The number of anilines is 1. The van der Waals surface area contributed by atoms with Crippen LogP contribution >= 0.6 is 0 Å². The molecule has 2 aromatic rings. The zero-order valence-electron chi connectivity index (χ0n) is 12.5. The van der Waals surface area contributed by atoms with Crippen LogP contribution in [0.1, 0.15) is 17.5 Å². The van der Waals surface area contributed by atoms with Gasteiger partial charge in [-0.05, 0) is 36.8 Å². The minimum absolute atomic E-state index is 0.518. The molecule has 0 radical (unpaired) electrons. The highest BCUT2D eigenvalue weighted by molar-refractivity contribution is 5.48. The highest BCUT2D eigenvalue weighted by atomic mass is 16.5. The van der Waals surface area contributed by atoms with Gasteiger partial charge in [0.2, 0.25) is 0 Å². The molecule has 0 atom stereocenters. The molecule has 0 amide bonds. The smallest absolute Gasteiger partial charge is 0.118 e. The predicted molar refractivity (Wildman–Crippen MR) is 85.5 cm³/mol. The zero-order chi connectivity index (χ0) is 15.1. The Bertz CT molecular complexity index is 597. The molecule has 3 nitrogen and oxygen atoms in total. The maximum atomic E-state index is 8.85. The molecule has 0 unspecified atom stereocenters. The second-order valence-electron chi connectivity index (χ2n) is 5.01. The van der Waals surface area contributed by atoms with Crippen molar-refractivity contribution in [2.75, 3.05) is 18.6 Å². The van der Waals surface area contributed by atoms with Gasteiger partial charge in [-0.2, -0.15) is 5.26 Å². The molecular formula is C18H20N2O. The molecular weight excluding hydrogens is 260 g/mol. The number of nitriles is 1. The molecule has 2 rings (SSSR count). The van der Waals surface area contributed by atoms with Crippen LogP contribution in [0.5, 0.6) is 5.75 Å². The standard InChI is InChI=1S/C18H20N2O/c1-15-4-8-17(9-5-15)20(13-3-12-19)14-16-6-10-18(21-2)11-7-16/h4-11H,3,13-14H2,1-2H3. The third-order valence-corrected chi connectivity index (χ3v) is 3.43. The summed E-state index contributed by atoms with van der Waals surface area (Å²) < 4.78 is 5.18. The van der Waals surface area contributed by atoms with Crippen molar-refractivity contribution in [3.05, 3.63) is 59.7 Å². The van der Waals surface area contributed by atoms with Crippen LogP contribution in [0.25, 0.3) is 0 Å². The van der Waals surface area contributed by atoms with Gasteiger partial charge in [0.15, 0.2) is 0 Å². The molecule has 2 aromatic carbocycles. The second-order valence-corrected chi connectivity index (χ2v) is 5.01. The first-order valence-corrected chi connectivity index (χ1v) is 7.04. The lowest BCUT2D eigenvalue weighted by molar-refractivity contribution is 0.414. The summed E-state index contributed by atoms with van der Waals surface area (Å²) in [6, 6.07) is 18.7. The largest absolute Gasteiger partial charge is 0.497 e. The number of rotatable bonds is 6. The number of hydrogen-bond donors (Lipinski definition) is 0. The molecule has 0 fully saturated rings. The number of hydrogen-bond acceptors (Lipinski definition) is 3. The third kappa shape index (κ3) is 4.25. The van der Waals surface area contributed by atoms with Gasteiger partial charge in [-0.25, -0.2) is 0 Å². The van der Waals surface area contributed by atoms with Crippen molar-refractivity contribution in [3.8, 4) is 11.8 Å². The highest BCUT2D eigenvalue weighted by Crippen LogP contribution is 2.20. The van der Waals surface area contributed by atoms with Crippen molar-refractivity contribution in [2.45, 2.75) is 19.9 Å². The minimum Gasteiger partial charge on any atom is -0.497 e. The summed E-state index contributed by atoms with van der Waals surface area (Å²) in [4.78, 5) is 2.23. The first-order chi connectivity index (χ1) is 10.2. The molecule has 0 saturated carbocycles. The minimum atomic E-state index is 0.518. The number of methoxy groups -OCH3 is 1. The lowest BCUT2D eigenvalue weighted by atomic mass is 10.1. The van der Waals surface area contributed by atoms with Crippen LogP contribution in [0.4, 0.5) is 5.69 Å². The van der Waals surface area contributed by atoms with E-state index in [0.717, 1.165) is 24.5 Å². The summed E-state index contributed by atoms with van der Waals surface area (Å²) in [5.41, 5.74) is 3.59. The van der Waals surface area contributed by atoms with Gasteiger partial charge in [-0.1, -0.05) is 29.8 Å². The van der Waals surface area contributed by atoms with Crippen LogP contribution in [0.15, 0.2) is 48.5 Å². The third-order valence-electron chi connectivity index (χ3n) is 3.43. The van der Waals surface area contributed by atoms with E-state index in [1.807, 2.05) is 12.1 Å². The van der Waals surface area contributed by atoms with Crippen molar-refractivity contribution in [1.29, 1.82) is 5.26 Å². The maximum Gasteiger partial charge on any atom is 0.118 e. The fourth-order valence-electron chi connectivity index (χ4n) is 2.19. The SMILES string of the molecule is COc1ccc(CN(CCC#N)c2ccc(C)cc2)cc1. The summed E-state index contributed by atoms with van der Waals surface area (Å²) >= 11 is 0. The van der Waals surface area contributed by atoms with Gasteiger partial charge in [-0.15, -0.1) is 0 Å². The predicted octanol–water partition coefficient (Wildman–Crippen LogP) is 3.92. The van der Waals surface area contributed by atoms with E-state index in [-0.39, 0.29) is 0 Å². The normalized spacial score (nSPS) is 9.95. The number of benzene rings is 2. The van der Waals surface area contributed by atoms with Gasteiger partial charge >= 0.3 is 0 Å². The molecule has 0 aliphatic heterocycles. The lowest BCUT2D eigenvalue weighted by Crippen LogP contribution is -2.23. The average molecular weight is 280 g/mol. The van der Waals surface area contributed by atoms with E-state index in [1.165, 1.54) is 11.1 Å². The molecule has 3 heteroatoms. The zero-order valence-corrected chi connectivity index (χ0v) is 12.5. The van der Waals surface area contributed by atoms with Crippen molar-refractivity contribution in [1.82, 2.24) is 0 Å². The maximum absolute atomic E-state index is 8.85. The van der Waals surface area contributed by atoms with Crippen LogP contribution in [0, 0.1) is 18.3 Å². The second kappa shape index (κ2) is 7.35. The molecule has 0 spiro atoms. The van der Waals surface area contributed by atoms with Crippen LogP contribution in [0.2, 0.25) is 0 Å². The van der Waals surface area contributed by atoms with E-state index < -0.39 is 0 Å². The van der Waals surface area contributed by atoms with Crippen molar-refractivity contribution in [3.63, 3.8) is 0 Å². The summed E-state index contributed by atoms with van der Waals surface area (Å²) in [7, 11) is 1.67. The van der Waals surface area contributed by atoms with Crippen LogP contribution < -0.4 is 9.64 Å². The van der Waals surface area contributed by atoms with Crippen molar-refractivity contribution >= 4 is 5.69 Å². The Morgan fingerprint density at radius 1 is 1.05 bits per heavy atom. The summed E-state index contributed by atoms with van der Waals surface area (Å²) in [5, 5.41) is 8.85. The molecule has 0 aliphatic rings. The summed E-state index contributed by atoms with van der Waals surface area (Å²) in [6.07, 6.45) is 0.518. The molecule has 0 saturated heterocycles. The van der Waals surface area contributed by atoms with Gasteiger partial charge in [0, 0.05) is 18.8 Å². The Balaban J connectivity index is 2.15. The van der Waals surface area contributed by atoms with Crippen molar-refractivity contribution in [2.24, 2.45) is 0 Å². The highest BCUT2D eigenvalue weighted by Gasteiger charge is 2.07. The monoisotopic (exact) mass is 280 g/mol. The van der Waals surface area contributed by atoms with Gasteiger partial charge in [0.05, 0.1) is 19.6 Å². The van der Waals surface area contributed by atoms with E-state index in [1.54, 1.807) is 7.11 Å². The molecule has 0 aliphatic carbocycles. The fraction of sp³-hybridized carbons (Fsp3) is 0.278. The Morgan fingerprint density at radius 3 is 2.29 bits per heavy atom. The quantitative estimate of drug-likeness (QED) is 0.804. The number of nitrogens with zero attached hydrogens (tertiary/aromatic N) is 2. The summed E-state index contributed by atoms with van der Waals surface area (Å²) in [5.74, 6) is 0.859. The van der Waals surface area contributed by atoms with E-state index in [9.17, 15) is 0 Å². The van der Waals surface area contributed by atoms with Crippen LogP contribution in [0.3, 0.4) is 0 Å². The average Bonchev–Trinajstić information content (AvgIpc) is 2.53. The van der Waals surface area contributed by atoms with Crippen LogP contribution in [-0.2, 0) is 6.54 Å². The van der Waals surface area contributed by atoms with Gasteiger partial charge in [0.25, 0.3) is 0 Å². The van der Waals surface area contributed by atoms with E-state index in [4.69, 9.17) is 10.00 Å². The van der Waals surface area contributed by atoms with Gasteiger partial charge in [0.1, 0.15) is 5.75 Å². The molecule has 0 aromatic heterocycles. The van der Waals surface area contributed by atoms with Crippen LogP contribution in [-0.4, -0.2) is 13.7 Å². The Labute approximate surface area is 126 Å². The lowest BCUT2D eigenvalue weighted by Gasteiger charge is -2.24. The molecule has 0 N–H and O–H groups in total. The molecule has 108 valence electrons. The Morgan fingerprint density at radius 2 is 1.71 bits per heavy atom. The molecule has 21 heavy (non-hydrogen) atoms. The summed E-state index contributed by atoms with van der Waals surface area (Å²) in [6.45, 7) is 3.59. The van der Waals surface area contributed by atoms with E-state index in [0.29, 0.717) is 6.42 Å².